The van der Waals surface area contributed by atoms with Gasteiger partial charge in [0.25, 0.3) is 0 Å². The van der Waals surface area contributed by atoms with Crippen LogP contribution < -0.4 is 0 Å². The summed E-state index contributed by atoms with van der Waals surface area (Å²) in [5, 5.41) is 0. The van der Waals surface area contributed by atoms with Crippen LogP contribution in [0.3, 0.4) is 0 Å². The van der Waals surface area contributed by atoms with Crippen LogP contribution in [0.4, 0.5) is 0 Å². The van der Waals surface area contributed by atoms with Gasteiger partial charge in [0, 0.05) is 11.3 Å². The molecule has 2 saturated carbocycles. The van der Waals surface area contributed by atoms with E-state index in [-0.39, 0.29) is 28.9 Å². The average Bonchev–Trinajstić information content (AvgIpc) is 2.67. The van der Waals surface area contributed by atoms with E-state index in [1.807, 2.05) is 0 Å². The molecule has 3 heteroatoms. The van der Waals surface area contributed by atoms with E-state index in [2.05, 4.69) is 27.7 Å². The summed E-state index contributed by atoms with van der Waals surface area (Å²) in [7, 11) is 0. The Kier molecular flexibility index (Phi) is 2.81. The van der Waals surface area contributed by atoms with E-state index in [4.69, 9.17) is 9.73 Å². The van der Waals surface area contributed by atoms with Crippen LogP contribution in [0.1, 0.15) is 59.8 Å². The van der Waals surface area contributed by atoms with Gasteiger partial charge in [0.05, 0.1) is 5.71 Å². The number of aliphatic imine (C=N–C) groups is 1. The van der Waals surface area contributed by atoms with E-state index < -0.39 is 0 Å². The predicted molar refractivity (Wildman–Crippen MR) is 75.2 cm³/mol. The van der Waals surface area contributed by atoms with Crippen molar-refractivity contribution in [3.05, 3.63) is 0 Å². The SMILES string of the molecule is CCCC[C@@H]1N=C2[C@H](OC1=O)[C@H]1CC[C@]2(C)C1(C)C. The molecule has 0 aromatic carbocycles. The largest absolute Gasteiger partial charge is 0.454 e. The molecule has 0 aromatic heterocycles. The summed E-state index contributed by atoms with van der Waals surface area (Å²) in [6, 6.07) is -0.238. The highest BCUT2D eigenvalue weighted by Gasteiger charge is 2.67. The molecule has 0 N–H and O–H groups in total. The summed E-state index contributed by atoms with van der Waals surface area (Å²) in [5.41, 5.74) is 1.53. The number of nitrogens with zero attached hydrogens (tertiary/aromatic N) is 1. The van der Waals surface area contributed by atoms with Crippen molar-refractivity contribution in [2.24, 2.45) is 21.7 Å². The Morgan fingerprint density at radius 2 is 2.11 bits per heavy atom. The Morgan fingerprint density at radius 3 is 2.79 bits per heavy atom. The molecule has 3 nitrogen and oxygen atoms in total. The topological polar surface area (TPSA) is 38.7 Å². The molecule has 2 bridgehead atoms. The molecule has 2 fully saturated rings. The first-order chi connectivity index (χ1) is 8.91. The average molecular weight is 263 g/mol. The minimum Gasteiger partial charge on any atom is -0.454 e. The van der Waals surface area contributed by atoms with E-state index in [1.54, 1.807) is 0 Å². The molecule has 0 radical (unpaired) electrons. The van der Waals surface area contributed by atoms with Crippen LogP contribution >= 0.6 is 0 Å². The molecule has 3 rings (SSSR count). The minimum atomic E-state index is -0.238. The zero-order valence-corrected chi connectivity index (χ0v) is 12.5. The van der Waals surface area contributed by atoms with Crippen molar-refractivity contribution < 1.29 is 9.53 Å². The predicted octanol–water partition coefficient (Wildman–Crippen LogP) is 3.37. The quantitative estimate of drug-likeness (QED) is 0.732. The van der Waals surface area contributed by atoms with E-state index >= 15 is 0 Å². The molecule has 106 valence electrons. The second-order valence-corrected chi connectivity index (χ2v) is 7.23. The first-order valence-electron chi connectivity index (χ1n) is 7.70. The van der Waals surface area contributed by atoms with Gasteiger partial charge < -0.3 is 4.74 Å². The van der Waals surface area contributed by atoms with Crippen molar-refractivity contribution in [3.8, 4) is 0 Å². The van der Waals surface area contributed by atoms with E-state index in [0.717, 1.165) is 19.3 Å². The van der Waals surface area contributed by atoms with Gasteiger partial charge in [-0.25, -0.2) is 4.79 Å². The molecule has 2 aliphatic carbocycles. The molecule has 0 unspecified atom stereocenters. The van der Waals surface area contributed by atoms with Crippen molar-refractivity contribution in [1.29, 1.82) is 0 Å². The first kappa shape index (κ1) is 13.1. The number of hydrogen-bond acceptors (Lipinski definition) is 3. The summed E-state index contributed by atoms with van der Waals surface area (Å²) in [6.07, 6.45) is 5.32. The van der Waals surface area contributed by atoms with E-state index in [0.29, 0.717) is 5.92 Å². The lowest BCUT2D eigenvalue weighted by Gasteiger charge is -2.36. The normalized spacial score (nSPS) is 42.8. The number of esters is 1. The molecular formula is C16H25NO2. The lowest BCUT2D eigenvalue weighted by molar-refractivity contribution is -0.151. The smallest absolute Gasteiger partial charge is 0.331 e. The highest BCUT2D eigenvalue weighted by atomic mass is 16.5. The van der Waals surface area contributed by atoms with Crippen LogP contribution in [0.2, 0.25) is 0 Å². The molecule has 3 aliphatic rings. The summed E-state index contributed by atoms with van der Waals surface area (Å²) in [5.74, 6) is 0.376. The lowest BCUT2D eigenvalue weighted by atomic mass is 9.70. The van der Waals surface area contributed by atoms with Gasteiger partial charge in [-0.05, 0) is 24.7 Å². The summed E-state index contributed by atoms with van der Waals surface area (Å²) in [6.45, 7) is 9.11. The summed E-state index contributed by atoms with van der Waals surface area (Å²) in [4.78, 5) is 17.0. The zero-order chi connectivity index (χ0) is 13.8. The van der Waals surface area contributed by atoms with Crippen molar-refractivity contribution in [2.45, 2.75) is 71.9 Å². The number of fused-ring (bicyclic) bond motifs is 5. The molecule has 1 heterocycles. The van der Waals surface area contributed by atoms with Crippen molar-refractivity contribution in [2.75, 3.05) is 0 Å². The second-order valence-electron chi connectivity index (χ2n) is 7.23. The summed E-state index contributed by atoms with van der Waals surface area (Å²) < 4.78 is 5.78. The molecule has 0 aromatic rings. The standard InChI is InChI=1S/C16H25NO2/c1-5-6-7-11-14(18)19-12-10-8-9-16(4,13(12)17-11)15(10,2)3/h10-12H,5-9H2,1-4H3/t10-,11+,12-,16+/m1/s1. The maximum Gasteiger partial charge on any atom is 0.331 e. The van der Waals surface area contributed by atoms with Crippen LogP contribution in [0, 0.1) is 16.7 Å². The van der Waals surface area contributed by atoms with Crippen LogP contribution in [-0.2, 0) is 9.53 Å². The fourth-order valence-corrected chi connectivity index (χ4v) is 4.39. The Balaban J connectivity index is 1.94. The van der Waals surface area contributed by atoms with Gasteiger partial charge in [-0.2, -0.15) is 0 Å². The number of rotatable bonds is 3. The van der Waals surface area contributed by atoms with Crippen molar-refractivity contribution in [1.82, 2.24) is 0 Å². The molecule has 1 aliphatic heterocycles. The van der Waals surface area contributed by atoms with Crippen LogP contribution in [0.5, 0.6) is 0 Å². The fourth-order valence-electron chi connectivity index (χ4n) is 4.39. The van der Waals surface area contributed by atoms with Gasteiger partial charge in [-0.15, -0.1) is 0 Å². The molecule has 0 saturated heterocycles. The molecule has 19 heavy (non-hydrogen) atoms. The van der Waals surface area contributed by atoms with Gasteiger partial charge in [0.1, 0.15) is 12.1 Å². The number of carbonyl (C=O) groups excluding carboxylic acids is 1. The Hall–Kier alpha value is -0.860. The van der Waals surface area contributed by atoms with Gasteiger partial charge in [0.2, 0.25) is 0 Å². The Labute approximate surface area is 115 Å². The van der Waals surface area contributed by atoms with Crippen LogP contribution in [0.25, 0.3) is 0 Å². The van der Waals surface area contributed by atoms with Gasteiger partial charge >= 0.3 is 5.97 Å². The molecule has 0 amide bonds. The third-order valence-corrected chi connectivity index (χ3v) is 6.15. The lowest BCUT2D eigenvalue weighted by Crippen LogP contribution is -2.44. The Morgan fingerprint density at radius 1 is 1.37 bits per heavy atom. The minimum absolute atomic E-state index is 0.0286. The van der Waals surface area contributed by atoms with Crippen molar-refractivity contribution >= 4 is 11.7 Å². The van der Waals surface area contributed by atoms with Gasteiger partial charge in [-0.1, -0.05) is 40.5 Å². The van der Waals surface area contributed by atoms with Gasteiger partial charge in [0.15, 0.2) is 0 Å². The van der Waals surface area contributed by atoms with Crippen LogP contribution in [0.15, 0.2) is 4.99 Å². The zero-order valence-electron chi connectivity index (χ0n) is 12.5. The maximum atomic E-state index is 12.1. The molecule has 4 atom stereocenters. The van der Waals surface area contributed by atoms with Gasteiger partial charge in [-0.3, -0.25) is 4.99 Å². The molecule has 0 spiro atoms. The maximum absolute atomic E-state index is 12.1. The third-order valence-electron chi connectivity index (χ3n) is 6.15. The second kappa shape index (κ2) is 4.07. The highest BCUT2D eigenvalue weighted by molar-refractivity contribution is 6.02. The Bertz CT molecular complexity index is 440. The fraction of sp³-hybridized carbons (Fsp3) is 0.875. The first-order valence-corrected chi connectivity index (χ1v) is 7.70. The molecular weight excluding hydrogens is 238 g/mol. The number of unbranched alkanes of at least 4 members (excludes halogenated alkanes) is 1. The van der Waals surface area contributed by atoms with Crippen LogP contribution in [-0.4, -0.2) is 23.8 Å². The monoisotopic (exact) mass is 263 g/mol. The number of hydrogen-bond donors (Lipinski definition) is 0. The van der Waals surface area contributed by atoms with E-state index in [1.165, 1.54) is 18.6 Å². The highest BCUT2D eigenvalue weighted by Crippen LogP contribution is 2.65. The number of carbonyl (C=O) groups is 1. The van der Waals surface area contributed by atoms with E-state index in [9.17, 15) is 4.79 Å². The summed E-state index contributed by atoms with van der Waals surface area (Å²) >= 11 is 0. The third kappa shape index (κ3) is 1.56. The number of ether oxygens (including phenoxy) is 1. The van der Waals surface area contributed by atoms with Crippen molar-refractivity contribution in [3.63, 3.8) is 0 Å².